The van der Waals surface area contributed by atoms with Gasteiger partial charge in [-0.1, -0.05) is 0 Å². The first-order valence-corrected chi connectivity index (χ1v) is 7.52. The molecule has 119 valence electrons. The summed E-state index contributed by atoms with van der Waals surface area (Å²) in [5, 5.41) is 11.0. The molecule has 5 heterocycles. The summed E-state index contributed by atoms with van der Waals surface area (Å²) in [6, 6.07) is 4.01. The minimum absolute atomic E-state index is 0. The van der Waals surface area contributed by atoms with Gasteiger partial charge in [0.2, 0.25) is 0 Å². The van der Waals surface area contributed by atoms with Gasteiger partial charge < -0.3 is 4.98 Å². The number of fused-ring (bicyclic) bond motifs is 6. The second-order valence-corrected chi connectivity index (χ2v) is 5.57. The van der Waals surface area contributed by atoms with Crippen molar-refractivity contribution in [1.82, 2.24) is 30.2 Å². The van der Waals surface area contributed by atoms with Crippen molar-refractivity contribution < 1.29 is 0 Å². The molecule has 2 aromatic rings. The van der Waals surface area contributed by atoms with E-state index in [2.05, 4.69) is 30.6 Å². The Morgan fingerprint density at radius 1 is 0.720 bits per heavy atom. The molecule has 0 aromatic carbocycles. The number of aromatic nitrogens is 6. The zero-order chi connectivity index (χ0) is 15.9. The molecule has 9 heteroatoms. The Balaban J connectivity index is 0.00000157. The van der Waals surface area contributed by atoms with Gasteiger partial charge in [0.15, 0.2) is 0 Å². The molecule has 8 bridgehead atoms. The van der Waals surface area contributed by atoms with Crippen LogP contribution in [-0.2, 0) is 0 Å². The summed E-state index contributed by atoms with van der Waals surface area (Å²) in [5.41, 5.74) is 3.50. The zero-order valence-corrected chi connectivity index (χ0v) is 15.6. The van der Waals surface area contributed by atoms with Crippen molar-refractivity contribution in [3.05, 3.63) is 64.6 Å². The number of aliphatic imine (C=N–C) groups is 2. The van der Waals surface area contributed by atoms with Crippen molar-refractivity contribution in [2.24, 2.45) is 9.98 Å². The minimum Gasteiger partial charge on any atom is -0.354 e. The van der Waals surface area contributed by atoms with E-state index in [9.17, 15) is 0 Å². The molecule has 0 saturated heterocycles. The number of nitrogens with zero attached hydrogens (tertiary/aromatic N) is 4. The molecule has 0 saturated carbocycles. The van der Waals surface area contributed by atoms with Gasteiger partial charge in [0, 0.05) is 34.9 Å². The fraction of sp³-hybridized carbons (Fsp3) is 0. The largest absolute Gasteiger partial charge is 0.354 e. The third-order valence-corrected chi connectivity index (χ3v) is 3.73. The second-order valence-electron chi connectivity index (χ2n) is 5.57. The predicted molar refractivity (Wildman–Crippen MR) is 98.7 cm³/mol. The van der Waals surface area contributed by atoms with Gasteiger partial charge in [0.05, 0.1) is 40.6 Å². The summed E-state index contributed by atoms with van der Waals surface area (Å²) in [4.78, 5) is 15.9. The number of hydrogen-bond donors (Lipinski definition) is 4. The van der Waals surface area contributed by atoms with Crippen molar-refractivity contribution in [2.75, 3.05) is 0 Å². The molecule has 4 N–H and O–H groups in total. The molecule has 3 aliphatic heterocycles. The van der Waals surface area contributed by atoms with E-state index in [1.807, 2.05) is 61.0 Å². The van der Waals surface area contributed by atoms with E-state index in [0.29, 0.717) is 0 Å². The maximum Gasteiger partial charge on any atom is 0.0838 e. The zero-order valence-electron chi connectivity index (χ0n) is 13.6. The van der Waals surface area contributed by atoms with Gasteiger partial charge >= 0.3 is 0 Å². The van der Waals surface area contributed by atoms with Crippen LogP contribution in [0.3, 0.4) is 0 Å². The van der Waals surface area contributed by atoms with Crippen molar-refractivity contribution >= 4 is 59.5 Å². The number of nitrogens with one attached hydrogen (secondary N) is 4. The van der Waals surface area contributed by atoms with Gasteiger partial charge in [-0.3, -0.25) is 0 Å². The van der Waals surface area contributed by atoms with Crippen LogP contribution in [0.2, 0.25) is 0 Å². The number of H-pyrrole nitrogens is 4. The number of allylic oxidation sites excluding steroid dienone is 5. The van der Waals surface area contributed by atoms with Gasteiger partial charge in [-0.15, -0.1) is 0 Å². The molecule has 0 amide bonds. The molecule has 8 nitrogen and oxygen atoms in total. The standard InChI is InChI=1S/C16H14N8.Na/c1-2-12-8-14-4-6-16(19-14)10-24-21-20-23(22-24)9-15-5-3-13(18-15)7-11(1)17-12;/h1-10,18,20-22H;. The second kappa shape index (κ2) is 6.32. The Morgan fingerprint density at radius 2 is 1.40 bits per heavy atom. The molecule has 3 aliphatic rings. The van der Waals surface area contributed by atoms with Gasteiger partial charge in [0.1, 0.15) is 0 Å². The number of hydrogen-bond acceptors (Lipinski definition) is 2. The Kier molecular flexibility index (Phi) is 4.00. The SMILES string of the molecule is C1=CC2=NC1=Cn1[nH][nH]n([nH]1)C=c1ccc([nH]1)=CC1=NC(=C2)C=C1.[Na]. The van der Waals surface area contributed by atoms with Gasteiger partial charge in [-0.2, -0.15) is 14.8 Å². The maximum absolute atomic E-state index is 4.60. The average molecular weight is 341 g/mol. The molecule has 2 aromatic heterocycles. The molecular formula is C16H14N8Na. The summed E-state index contributed by atoms with van der Waals surface area (Å²) in [6.07, 6.45) is 15.6. The molecule has 0 aliphatic carbocycles. The van der Waals surface area contributed by atoms with Crippen LogP contribution in [0.1, 0.15) is 0 Å². The van der Waals surface area contributed by atoms with E-state index in [1.54, 1.807) is 9.59 Å². The van der Waals surface area contributed by atoms with Crippen LogP contribution in [0.4, 0.5) is 0 Å². The number of rotatable bonds is 0. The van der Waals surface area contributed by atoms with E-state index in [-0.39, 0.29) is 29.6 Å². The predicted octanol–water partition coefficient (Wildman–Crippen LogP) is 0.130. The van der Waals surface area contributed by atoms with Crippen LogP contribution in [0, 0.1) is 0 Å². The van der Waals surface area contributed by atoms with E-state index < -0.39 is 0 Å². The van der Waals surface area contributed by atoms with Crippen molar-refractivity contribution in [1.29, 1.82) is 0 Å². The van der Waals surface area contributed by atoms with Crippen molar-refractivity contribution in [3.63, 3.8) is 0 Å². The monoisotopic (exact) mass is 341 g/mol. The smallest absolute Gasteiger partial charge is 0.0838 e. The molecule has 5 rings (SSSR count). The molecule has 25 heavy (non-hydrogen) atoms. The Morgan fingerprint density at radius 3 is 2.28 bits per heavy atom. The quantitative estimate of drug-likeness (QED) is 0.490. The summed E-state index contributed by atoms with van der Waals surface area (Å²) in [5.74, 6) is 0. The van der Waals surface area contributed by atoms with Crippen LogP contribution >= 0.6 is 0 Å². The van der Waals surface area contributed by atoms with Gasteiger partial charge in [-0.05, 0) is 48.6 Å². The normalized spacial score (nSPS) is 17.0. The third kappa shape index (κ3) is 3.27. The third-order valence-electron chi connectivity index (χ3n) is 3.73. The summed E-state index contributed by atoms with van der Waals surface area (Å²) in [7, 11) is 0. The molecule has 0 fully saturated rings. The van der Waals surface area contributed by atoms with Crippen molar-refractivity contribution in [2.45, 2.75) is 0 Å². The minimum atomic E-state index is 0. The molecular weight excluding hydrogens is 327 g/mol. The average Bonchev–Trinajstić information content (AvgIpc) is 3.32. The van der Waals surface area contributed by atoms with Crippen LogP contribution < -0.4 is 10.7 Å². The summed E-state index contributed by atoms with van der Waals surface area (Å²) >= 11 is 0. The molecule has 1 radical (unpaired) electrons. The Hall–Kier alpha value is -2.68. The number of aromatic amines is 4. The maximum atomic E-state index is 4.60. The van der Waals surface area contributed by atoms with E-state index >= 15 is 0 Å². The van der Waals surface area contributed by atoms with Crippen LogP contribution in [-0.4, -0.2) is 71.2 Å². The first-order valence-electron chi connectivity index (χ1n) is 7.52. The van der Waals surface area contributed by atoms with E-state index in [0.717, 1.165) is 33.5 Å². The molecule has 0 atom stereocenters. The first-order chi connectivity index (χ1) is 11.8. The summed E-state index contributed by atoms with van der Waals surface area (Å²) < 4.78 is 0. The fourth-order valence-electron chi connectivity index (χ4n) is 2.67. The van der Waals surface area contributed by atoms with E-state index in [4.69, 9.17) is 0 Å². The topological polar surface area (TPSA) is 97.7 Å². The van der Waals surface area contributed by atoms with Crippen LogP contribution in [0.25, 0.3) is 18.5 Å². The fourth-order valence-corrected chi connectivity index (χ4v) is 2.67. The summed E-state index contributed by atoms with van der Waals surface area (Å²) in [6.45, 7) is 0. The molecule has 0 spiro atoms. The van der Waals surface area contributed by atoms with Crippen molar-refractivity contribution in [3.8, 4) is 0 Å². The Bertz CT molecular complexity index is 1150. The van der Waals surface area contributed by atoms with Gasteiger partial charge in [-0.25, -0.2) is 20.4 Å². The van der Waals surface area contributed by atoms with Gasteiger partial charge in [0.25, 0.3) is 0 Å². The van der Waals surface area contributed by atoms with E-state index in [1.165, 1.54) is 0 Å². The first kappa shape index (κ1) is 15.8. The Labute approximate surface area is 163 Å². The van der Waals surface area contributed by atoms with Crippen LogP contribution in [0.15, 0.2) is 63.9 Å². The van der Waals surface area contributed by atoms with Crippen LogP contribution in [0.5, 0.6) is 0 Å². The molecule has 0 unspecified atom stereocenters.